The molecule has 1 unspecified atom stereocenters. The molecule has 3 nitrogen and oxygen atoms in total. The van der Waals surface area contributed by atoms with E-state index < -0.39 is 0 Å². The van der Waals surface area contributed by atoms with E-state index >= 15 is 0 Å². The van der Waals surface area contributed by atoms with E-state index in [0.29, 0.717) is 0 Å². The average molecular weight is 340 g/mol. The Morgan fingerprint density at radius 1 is 1.47 bits per heavy atom. The van der Waals surface area contributed by atoms with Crippen LogP contribution in [0.3, 0.4) is 0 Å². The van der Waals surface area contributed by atoms with Crippen molar-refractivity contribution in [3.63, 3.8) is 0 Å². The van der Waals surface area contributed by atoms with Crippen molar-refractivity contribution in [2.75, 3.05) is 11.9 Å². The second-order valence-corrected chi connectivity index (χ2v) is 6.56. The van der Waals surface area contributed by atoms with Gasteiger partial charge in [-0.2, -0.15) is 0 Å². The van der Waals surface area contributed by atoms with Crippen molar-refractivity contribution in [3.8, 4) is 0 Å². The van der Waals surface area contributed by atoms with E-state index in [1.807, 2.05) is 19.4 Å². The van der Waals surface area contributed by atoms with Gasteiger partial charge in [-0.1, -0.05) is 15.9 Å². The zero-order valence-electron chi connectivity index (χ0n) is 11.4. The zero-order valence-corrected chi connectivity index (χ0v) is 13.8. The Morgan fingerprint density at radius 2 is 2.21 bits per heavy atom. The Labute approximate surface area is 126 Å². The van der Waals surface area contributed by atoms with Gasteiger partial charge < -0.3 is 10.6 Å². The number of rotatable bonds is 4. The molecule has 0 saturated heterocycles. The van der Waals surface area contributed by atoms with Crippen LogP contribution >= 0.6 is 27.3 Å². The van der Waals surface area contributed by atoms with E-state index in [4.69, 9.17) is 5.73 Å². The second-order valence-electron chi connectivity index (χ2n) is 4.71. The summed E-state index contributed by atoms with van der Waals surface area (Å²) in [5.41, 5.74) is 11.4. The van der Waals surface area contributed by atoms with Crippen LogP contribution in [-0.4, -0.2) is 12.0 Å². The Bertz CT molecular complexity index is 566. The summed E-state index contributed by atoms with van der Waals surface area (Å²) in [4.78, 5) is 7.82. The van der Waals surface area contributed by atoms with Crippen molar-refractivity contribution in [3.05, 3.63) is 44.3 Å². The van der Waals surface area contributed by atoms with Crippen molar-refractivity contribution in [2.45, 2.75) is 26.4 Å². The number of nitrogens with zero attached hydrogens (tertiary/aromatic N) is 2. The van der Waals surface area contributed by atoms with Crippen LogP contribution in [0.25, 0.3) is 0 Å². The number of benzene rings is 1. The number of aromatic nitrogens is 1. The Morgan fingerprint density at radius 3 is 2.79 bits per heavy atom. The molecule has 2 N–H and O–H groups in total. The van der Waals surface area contributed by atoms with Crippen molar-refractivity contribution in [2.24, 2.45) is 5.73 Å². The van der Waals surface area contributed by atoms with Crippen molar-refractivity contribution >= 4 is 33.0 Å². The van der Waals surface area contributed by atoms with E-state index in [0.717, 1.165) is 22.3 Å². The smallest absolute Gasteiger partial charge is 0.0798 e. The maximum Gasteiger partial charge on any atom is 0.0798 e. The number of anilines is 1. The molecule has 1 aromatic heterocycles. The molecule has 1 atom stereocenters. The molecular formula is C14H18BrN3S. The van der Waals surface area contributed by atoms with Gasteiger partial charge in [0.05, 0.1) is 17.7 Å². The summed E-state index contributed by atoms with van der Waals surface area (Å²) in [7, 11) is 2.09. The number of hydrogen-bond donors (Lipinski definition) is 1. The van der Waals surface area contributed by atoms with Crippen molar-refractivity contribution in [1.29, 1.82) is 0 Å². The molecule has 0 bridgehead atoms. The first-order valence-electron chi connectivity index (χ1n) is 6.14. The highest BCUT2D eigenvalue weighted by molar-refractivity contribution is 9.10. The average Bonchev–Trinajstić information content (AvgIpc) is 2.74. The molecule has 0 fully saturated rings. The number of nitrogens with two attached hydrogens (primary N) is 1. The first-order chi connectivity index (χ1) is 8.99. The summed E-state index contributed by atoms with van der Waals surface area (Å²) in [6.07, 6.45) is 0. The minimum absolute atomic E-state index is 0.0116. The lowest BCUT2D eigenvalue weighted by Gasteiger charge is -2.24. The van der Waals surface area contributed by atoms with Crippen LogP contribution in [0.15, 0.2) is 28.2 Å². The minimum Gasteiger partial charge on any atom is -0.369 e. The molecule has 5 heteroatoms. The van der Waals surface area contributed by atoms with Gasteiger partial charge in [-0.25, -0.2) is 4.98 Å². The predicted octanol–water partition coefficient (Wildman–Crippen LogP) is 3.87. The second kappa shape index (κ2) is 6.03. The van der Waals surface area contributed by atoms with Crippen molar-refractivity contribution in [1.82, 2.24) is 4.98 Å². The minimum atomic E-state index is 0.0116. The summed E-state index contributed by atoms with van der Waals surface area (Å²) in [6.45, 7) is 4.92. The van der Waals surface area contributed by atoms with Gasteiger partial charge in [0.1, 0.15) is 0 Å². The first-order valence-corrected chi connectivity index (χ1v) is 7.81. The maximum atomic E-state index is 6.07. The summed E-state index contributed by atoms with van der Waals surface area (Å²) >= 11 is 5.20. The molecule has 0 aliphatic rings. The third kappa shape index (κ3) is 3.35. The molecule has 0 aliphatic heterocycles. The molecule has 2 rings (SSSR count). The fourth-order valence-corrected chi connectivity index (χ4v) is 3.22. The van der Waals surface area contributed by atoms with Gasteiger partial charge in [0, 0.05) is 28.1 Å². The van der Waals surface area contributed by atoms with Gasteiger partial charge in [-0.15, -0.1) is 11.3 Å². The lowest BCUT2D eigenvalue weighted by atomic mass is 10.1. The quantitative estimate of drug-likeness (QED) is 0.919. The summed E-state index contributed by atoms with van der Waals surface area (Å²) < 4.78 is 1.06. The first kappa shape index (κ1) is 14.5. The topological polar surface area (TPSA) is 42.2 Å². The third-order valence-corrected chi connectivity index (χ3v) is 4.53. The molecule has 0 saturated carbocycles. The number of halogens is 1. The van der Waals surface area contributed by atoms with Gasteiger partial charge in [-0.3, -0.25) is 0 Å². The molecular weight excluding hydrogens is 322 g/mol. The van der Waals surface area contributed by atoms with Crippen LogP contribution in [-0.2, 0) is 6.54 Å². The fraction of sp³-hybridized carbons (Fsp3) is 0.357. The van der Waals surface area contributed by atoms with E-state index in [2.05, 4.69) is 51.1 Å². The van der Waals surface area contributed by atoms with Gasteiger partial charge in [0.25, 0.3) is 0 Å². The fourth-order valence-electron chi connectivity index (χ4n) is 2.02. The SMILES string of the molecule is Cc1ncsc1CN(C)c1ccc(Br)cc1C(C)N. The van der Waals surface area contributed by atoms with Crippen LogP contribution in [0, 0.1) is 6.92 Å². The number of aryl methyl sites for hydroxylation is 1. The summed E-state index contributed by atoms with van der Waals surface area (Å²) in [5, 5.41) is 0. The Kier molecular flexibility index (Phi) is 4.60. The Hall–Kier alpha value is -0.910. The molecule has 1 aromatic carbocycles. The van der Waals surface area contributed by atoms with Crippen molar-refractivity contribution < 1.29 is 0 Å². The van der Waals surface area contributed by atoms with Gasteiger partial charge in [-0.05, 0) is 37.6 Å². The van der Waals surface area contributed by atoms with Crippen LogP contribution in [0.4, 0.5) is 5.69 Å². The number of hydrogen-bond acceptors (Lipinski definition) is 4. The van der Waals surface area contributed by atoms with Crippen LogP contribution in [0.1, 0.15) is 29.1 Å². The Balaban J connectivity index is 2.28. The largest absolute Gasteiger partial charge is 0.369 e. The lowest BCUT2D eigenvalue weighted by molar-refractivity contribution is 0.801. The monoisotopic (exact) mass is 339 g/mol. The summed E-state index contributed by atoms with van der Waals surface area (Å²) in [5.74, 6) is 0. The lowest BCUT2D eigenvalue weighted by Crippen LogP contribution is -2.20. The third-order valence-electron chi connectivity index (χ3n) is 3.12. The highest BCUT2D eigenvalue weighted by atomic mass is 79.9. The highest BCUT2D eigenvalue weighted by Gasteiger charge is 2.13. The molecule has 2 aromatic rings. The highest BCUT2D eigenvalue weighted by Crippen LogP contribution is 2.29. The zero-order chi connectivity index (χ0) is 14.0. The molecule has 19 heavy (non-hydrogen) atoms. The van der Waals surface area contributed by atoms with Crippen LogP contribution in [0.2, 0.25) is 0 Å². The molecule has 0 amide bonds. The van der Waals surface area contributed by atoms with E-state index in [1.165, 1.54) is 10.6 Å². The maximum absolute atomic E-state index is 6.07. The van der Waals surface area contributed by atoms with Gasteiger partial charge >= 0.3 is 0 Å². The predicted molar refractivity (Wildman–Crippen MR) is 85.7 cm³/mol. The van der Waals surface area contributed by atoms with Gasteiger partial charge in [0.15, 0.2) is 0 Å². The molecule has 0 radical (unpaired) electrons. The van der Waals surface area contributed by atoms with E-state index in [9.17, 15) is 0 Å². The van der Waals surface area contributed by atoms with E-state index in [-0.39, 0.29) is 6.04 Å². The van der Waals surface area contributed by atoms with Crippen LogP contribution in [0.5, 0.6) is 0 Å². The normalized spacial score (nSPS) is 12.5. The molecule has 1 heterocycles. The molecule has 0 spiro atoms. The van der Waals surface area contributed by atoms with Gasteiger partial charge in [0.2, 0.25) is 0 Å². The van der Waals surface area contributed by atoms with E-state index in [1.54, 1.807) is 11.3 Å². The van der Waals surface area contributed by atoms with Crippen LogP contribution < -0.4 is 10.6 Å². The summed E-state index contributed by atoms with van der Waals surface area (Å²) in [6, 6.07) is 6.27. The molecule has 0 aliphatic carbocycles. The molecule has 102 valence electrons. The standard InChI is InChI=1S/C14H18BrN3S/c1-9(16)12-6-11(15)4-5-13(12)18(3)7-14-10(2)17-8-19-14/h4-6,8-9H,7,16H2,1-3H3. The number of thiazole rings is 1.